The van der Waals surface area contributed by atoms with Crippen LogP contribution < -0.4 is 0 Å². The Bertz CT molecular complexity index is 469. The lowest BCUT2D eigenvalue weighted by atomic mass is 10.6. The Balaban J connectivity index is 2.31. The maximum atomic E-state index is 10.9. The van der Waals surface area contributed by atoms with Crippen LogP contribution in [0.25, 0.3) is 5.82 Å². The zero-order chi connectivity index (χ0) is 10.7. The highest BCUT2D eigenvalue weighted by Gasteiger charge is 2.04. The first-order chi connectivity index (χ1) is 7.25. The molecule has 0 aromatic carbocycles. The summed E-state index contributed by atoms with van der Waals surface area (Å²) in [4.78, 5) is 19.0. The number of carbonyl (C=O) groups excluding carboxylic acids is 1. The molecule has 0 saturated carbocycles. The molecule has 2 aromatic rings. The number of carbonyl (C=O) groups is 1. The third kappa shape index (κ3) is 2.41. The van der Waals surface area contributed by atoms with Gasteiger partial charge in [0.2, 0.25) is 0 Å². The topological polar surface area (TPSA) is 60.7 Å². The molecule has 0 atom stereocenters. The van der Waals surface area contributed by atoms with Crippen molar-refractivity contribution in [3.8, 4) is 5.82 Å². The third-order valence-electron chi connectivity index (χ3n) is 1.59. The van der Waals surface area contributed by atoms with Gasteiger partial charge in [0, 0.05) is 31.6 Å². The smallest absolute Gasteiger partial charge is 0.197 e. The van der Waals surface area contributed by atoms with Gasteiger partial charge in [-0.2, -0.15) is 5.10 Å². The Hall–Kier alpha value is -1.69. The third-order valence-corrected chi connectivity index (χ3v) is 2.26. The molecule has 0 aliphatic rings. The Morgan fingerprint density at radius 3 is 3.00 bits per heavy atom. The largest absolute Gasteiger partial charge is 0.287 e. The summed E-state index contributed by atoms with van der Waals surface area (Å²) in [7, 11) is 0. The number of hydrogen-bond acceptors (Lipinski definition) is 5. The molecular formula is C9H8N4OS. The van der Waals surface area contributed by atoms with Gasteiger partial charge in [0.15, 0.2) is 16.1 Å². The van der Waals surface area contributed by atoms with Gasteiger partial charge in [0.25, 0.3) is 0 Å². The molecule has 0 amide bonds. The summed E-state index contributed by atoms with van der Waals surface area (Å²) in [5.74, 6) is 0.652. The summed E-state index contributed by atoms with van der Waals surface area (Å²) in [6, 6.07) is 3.54. The van der Waals surface area contributed by atoms with Gasteiger partial charge in [-0.3, -0.25) is 4.79 Å². The second-order valence-corrected chi connectivity index (χ2v) is 3.89. The monoisotopic (exact) mass is 220 g/mol. The molecule has 0 N–H and O–H groups in total. The molecule has 0 saturated heterocycles. The standard InChI is InChI=1S/C9H8N4OS/c1-7(14)15-9-10-5-3-8(12-9)13-6-2-4-11-13/h2-6H,1H3. The quantitative estimate of drug-likeness (QED) is 0.564. The lowest BCUT2D eigenvalue weighted by molar-refractivity contribution is -0.109. The first-order valence-electron chi connectivity index (χ1n) is 4.27. The van der Waals surface area contributed by atoms with E-state index in [1.54, 1.807) is 35.4 Å². The molecule has 15 heavy (non-hydrogen) atoms. The number of aromatic nitrogens is 4. The van der Waals surface area contributed by atoms with Gasteiger partial charge >= 0.3 is 0 Å². The van der Waals surface area contributed by atoms with Crippen molar-refractivity contribution in [3.05, 3.63) is 30.7 Å². The molecule has 5 nitrogen and oxygen atoms in total. The van der Waals surface area contributed by atoms with E-state index in [0.717, 1.165) is 11.8 Å². The number of thioether (sulfide) groups is 1. The fraction of sp³-hybridized carbons (Fsp3) is 0.111. The normalized spacial score (nSPS) is 10.2. The Morgan fingerprint density at radius 1 is 1.47 bits per heavy atom. The van der Waals surface area contributed by atoms with Crippen molar-refractivity contribution in [3.63, 3.8) is 0 Å². The van der Waals surface area contributed by atoms with Gasteiger partial charge in [-0.15, -0.1) is 0 Å². The van der Waals surface area contributed by atoms with Gasteiger partial charge in [-0.1, -0.05) is 0 Å². The highest BCUT2D eigenvalue weighted by molar-refractivity contribution is 8.13. The van der Waals surface area contributed by atoms with Crippen molar-refractivity contribution in [2.24, 2.45) is 0 Å². The van der Waals surface area contributed by atoms with Crippen LogP contribution in [0.2, 0.25) is 0 Å². The average Bonchev–Trinajstić information content (AvgIpc) is 2.69. The number of hydrogen-bond donors (Lipinski definition) is 0. The van der Waals surface area contributed by atoms with Crippen LogP contribution in [0.3, 0.4) is 0 Å². The lowest BCUT2D eigenvalue weighted by Crippen LogP contribution is -2.00. The van der Waals surface area contributed by atoms with E-state index in [0.29, 0.717) is 11.0 Å². The van der Waals surface area contributed by atoms with E-state index in [1.165, 1.54) is 6.92 Å². The zero-order valence-electron chi connectivity index (χ0n) is 7.99. The summed E-state index contributed by atoms with van der Waals surface area (Å²) in [5.41, 5.74) is 0. The van der Waals surface area contributed by atoms with Crippen LogP contribution >= 0.6 is 11.8 Å². The number of nitrogens with zero attached hydrogens (tertiary/aromatic N) is 4. The number of rotatable bonds is 2. The summed E-state index contributed by atoms with van der Waals surface area (Å²) in [6.45, 7) is 1.48. The molecule has 6 heteroatoms. The maximum absolute atomic E-state index is 10.9. The van der Waals surface area contributed by atoms with Crippen molar-refractivity contribution in [1.82, 2.24) is 19.7 Å². The average molecular weight is 220 g/mol. The van der Waals surface area contributed by atoms with Crippen molar-refractivity contribution < 1.29 is 4.79 Å². The van der Waals surface area contributed by atoms with Crippen LogP contribution in [0.5, 0.6) is 0 Å². The van der Waals surface area contributed by atoms with Crippen LogP contribution in [-0.2, 0) is 4.79 Å². The minimum absolute atomic E-state index is 0.0346. The van der Waals surface area contributed by atoms with Gasteiger partial charge in [-0.05, 0) is 17.8 Å². The molecule has 0 radical (unpaired) electrons. The van der Waals surface area contributed by atoms with Gasteiger partial charge in [0.1, 0.15) is 0 Å². The van der Waals surface area contributed by atoms with Crippen LogP contribution in [0, 0.1) is 0 Å². The fourth-order valence-electron chi connectivity index (χ4n) is 1.04. The molecule has 0 fully saturated rings. The summed E-state index contributed by atoms with van der Waals surface area (Å²) < 4.78 is 1.62. The summed E-state index contributed by atoms with van der Waals surface area (Å²) in [6.07, 6.45) is 5.06. The minimum atomic E-state index is -0.0346. The maximum Gasteiger partial charge on any atom is 0.197 e. The van der Waals surface area contributed by atoms with Crippen LogP contribution in [0.4, 0.5) is 0 Å². The Morgan fingerprint density at radius 2 is 2.33 bits per heavy atom. The fourth-order valence-corrected chi connectivity index (χ4v) is 1.55. The highest BCUT2D eigenvalue weighted by atomic mass is 32.2. The Labute approximate surface area is 90.5 Å². The van der Waals surface area contributed by atoms with Crippen LogP contribution in [0.15, 0.2) is 35.9 Å². The van der Waals surface area contributed by atoms with E-state index in [4.69, 9.17) is 0 Å². The molecule has 0 spiro atoms. The summed E-state index contributed by atoms with van der Waals surface area (Å²) >= 11 is 1.01. The van der Waals surface area contributed by atoms with E-state index in [1.807, 2.05) is 0 Å². The molecule has 0 bridgehead atoms. The second kappa shape index (κ2) is 4.22. The second-order valence-electron chi connectivity index (χ2n) is 2.74. The molecule has 0 aliphatic heterocycles. The van der Waals surface area contributed by atoms with Gasteiger partial charge in [0.05, 0.1) is 0 Å². The molecule has 76 valence electrons. The zero-order valence-corrected chi connectivity index (χ0v) is 8.81. The van der Waals surface area contributed by atoms with Crippen LogP contribution in [-0.4, -0.2) is 24.9 Å². The molecule has 0 unspecified atom stereocenters. The van der Waals surface area contributed by atoms with E-state index < -0.39 is 0 Å². The van der Waals surface area contributed by atoms with E-state index in [-0.39, 0.29) is 5.12 Å². The van der Waals surface area contributed by atoms with E-state index in [2.05, 4.69) is 15.1 Å². The van der Waals surface area contributed by atoms with Crippen molar-refractivity contribution in [1.29, 1.82) is 0 Å². The Kier molecular flexibility index (Phi) is 2.77. The molecular weight excluding hydrogens is 212 g/mol. The van der Waals surface area contributed by atoms with Crippen molar-refractivity contribution in [2.75, 3.05) is 0 Å². The minimum Gasteiger partial charge on any atom is -0.287 e. The first-order valence-corrected chi connectivity index (χ1v) is 5.09. The van der Waals surface area contributed by atoms with Crippen molar-refractivity contribution in [2.45, 2.75) is 12.1 Å². The van der Waals surface area contributed by atoms with Gasteiger partial charge in [-0.25, -0.2) is 14.6 Å². The molecule has 2 heterocycles. The van der Waals surface area contributed by atoms with Crippen LogP contribution in [0.1, 0.15) is 6.92 Å². The molecule has 2 aromatic heterocycles. The van der Waals surface area contributed by atoms with E-state index >= 15 is 0 Å². The van der Waals surface area contributed by atoms with Gasteiger partial charge < -0.3 is 0 Å². The lowest BCUT2D eigenvalue weighted by Gasteiger charge is -2.00. The first kappa shape index (κ1) is 9.85. The predicted octanol–water partition coefficient (Wildman–Crippen LogP) is 1.30. The SMILES string of the molecule is CC(=O)Sc1nccc(-n2cccn2)n1. The highest BCUT2D eigenvalue weighted by Crippen LogP contribution is 2.14. The summed E-state index contributed by atoms with van der Waals surface area (Å²) in [5, 5.41) is 4.44. The predicted molar refractivity (Wildman–Crippen MR) is 55.7 cm³/mol. The van der Waals surface area contributed by atoms with Crippen molar-refractivity contribution >= 4 is 16.9 Å². The molecule has 2 rings (SSSR count). The molecule has 0 aliphatic carbocycles. The van der Waals surface area contributed by atoms with E-state index in [9.17, 15) is 4.79 Å².